The van der Waals surface area contributed by atoms with E-state index in [0.717, 1.165) is 5.56 Å². The maximum absolute atomic E-state index is 12.9. The van der Waals surface area contributed by atoms with Crippen LogP contribution in [-0.4, -0.2) is 22.3 Å². The summed E-state index contributed by atoms with van der Waals surface area (Å²) < 4.78 is 18.2. The first-order valence-corrected chi connectivity index (χ1v) is 7.23. The van der Waals surface area contributed by atoms with E-state index in [0.29, 0.717) is 40.1 Å². The van der Waals surface area contributed by atoms with E-state index >= 15 is 0 Å². The zero-order chi connectivity index (χ0) is 16.4. The number of benzene rings is 2. The smallest absolute Gasteiger partial charge is 0.184 e. The third-order valence-corrected chi connectivity index (χ3v) is 3.70. The van der Waals surface area contributed by atoms with Crippen LogP contribution in [0.15, 0.2) is 36.4 Å². The third kappa shape index (κ3) is 3.27. The molecule has 1 aromatic heterocycles. The molecule has 2 aromatic carbocycles. The van der Waals surface area contributed by atoms with Gasteiger partial charge in [-0.1, -0.05) is 23.7 Å². The predicted molar refractivity (Wildman–Crippen MR) is 87.0 cm³/mol. The summed E-state index contributed by atoms with van der Waals surface area (Å²) in [5.41, 5.74) is 7.77. The molecule has 0 atom stereocenters. The number of hydrogen-bond acceptors (Lipinski definition) is 4. The molecule has 0 saturated carbocycles. The fraction of sp³-hybridized carbons (Fsp3) is 0.125. The quantitative estimate of drug-likeness (QED) is 0.717. The summed E-state index contributed by atoms with van der Waals surface area (Å²) in [6, 6.07) is 9.54. The summed E-state index contributed by atoms with van der Waals surface area (Å²) >= 11 is 6.06. The molecule has 0 aliphatic rings. The number of methoxy groups -OCH3 is 1. The van der Waals surface area contributed by atoms with Crippen LogP contribution in [0.2, 0.25) is 5.02 Å². The van der Waals surface area contributed by atoms with Crippen molar-refractivity contribution < 1.29 is 9.13 Å². The van der Waals surface area contributed by atoms with Crippen molar-refractivity contribution in [2.75, 3.05) is 12.8 Å². The van der Waals surface area contributed by atoms with Gasteiger partial charge in [0.25, 0.3) is 0 Å². The van der Waals surface area contributed by atoms with E-state index < -0.39 is 0 Å². The number of nitrogen functional groups attached to an aromatic ring is 1. The van der Waals surface area contributed by atoms with Gasteiger partial charge in [-0.25, -0.2) is 9.37 Å². The number of rotatable bonds is 4. The molecule has 0 aliphatic heterocycles. The average Bonchev–Trinajstić information content (AvgIpc) is 3.00. The molecule has 23 heavy (non-hydrogen) atoms. The molecule has 0 bridgehead atoms. The first-order chi connectivity index (χ1) is 11.1. The first-order valence-electron chi connectivity index (χ1n) is 6.86. The molecule has 0 unspecified atom stereocenters. The van der Waals surface area contributed by atoms with Crippen molar-refractivity contribution in [3.63, 3.8) is 0 Å². The number of aromatic amines is 1. The van der Waals surface area contributed by atoms with E-state index in [2.05, 4.69) is 15.2 Å². The summed E-state index contributed by atoms with van der Waals surface area (Å²) in [5.74, 6) is 1.38. The van der Waals surface area contributed by atoms with Gasteiger partial charge < -0.3 is 10.5 Å². The van der Waals surface area contributed by atoms with Crippen molar-refractivity contribution in [2.24, 2.45) is 0 Å². The zero-order valence-electron chi connectivity index (χ0n) is 12.3. The van der Waals surface area contributed by atoms with Crippen LogP contribution in [0.3, 0.4) is 0 Å². The maximum Gasteiger partial charge on any atom is 0.184 e. The van der Waals surface area contributed by atoms with Crippen molar-refractivity contribution in [3.8, 4) is 17.1 Å². The number of anilines is 1. The zero-order valence-corrected chi connectivity index (χ0v) is 13.1. The Morgan fingerprint density at radius 1 is 1.26 bits per heavy atom. The Bertz CT molecular complexity index is 833. The van der Waals surface area contributed by atoms with Crippen LogP contribution in [0.5, 0.6) is 5.75 Å². The summed E-state index contributed by atoms with van der Waals surface area (Å²) in [6.07, 6.45) is 0.512. The number of halogens is 2. The second-order valence-electron chi connectivity index (χ2n) is 4.98. The van der Waals surface area contributed by atoms with Gasteiger partial charge in [-0.05, 0) is 23.8 Å². The van der Waals surface area contributed by atoms with Gasteiger partial charge in [0.15, 0.2) is 5.82 Å². The average molecular weight is 333 g/mol. The van der Waals surface area contributed by atoms with Gasteiger partial charge >= 0.3 is 0 Å². The molecule has 0 fully saturated rings. The Morgan fingerprint density at radius 3 is 2.70 bits per heavy atom. The second kappa shape index (κ2) is 6.26. The Kier molecular flexibility index (Phi) is 4.16. The molecule has 3 aromatic rings. The van der Waals surface area contributed by atoms with Gasteiger partial charge in [-0.3, -0.25) is 5.10 Å². The van der Waals surface area contributed by atoms with Crippen LogP contribution in [0, 0.1) is 5.82 Å². The lowest BCUT2D eigenvalue weighted by Crippen LogP contribution is -1.94. The minimum absolute atomic E-state index is 0.270. The molecule has 5 nitrogen and oxygen atoms in total. The van der Waals surface area contributed by atoms with E-state index in [1.807, 2.05) is 0 Å². The van der Waals surface area contributed by atoms with Gasteiger partial charge in [-0.2, -0.15) is 5.10 Å². The van der Waals surface area contributed by atoms with Crippen molar-refractivity contribution >= 4 is 17.3 Å². The minimum atomic E-state index is -0.270. The number of nitrogens with zero attached hydrogens (tertiary/aromatic N) is 2. The van der Waals surface area contributed by atoms with E-state index in [1.165, 1.54) is 19.2 Å². The van der Waals surface area contributed by atoms with E-state index in [1.54, 1.807) is 24.3 Å². The highest BCUT2D eigenvalue weighted by molar-refractivity contribution is 6.33. The summed E-state index contributed by atoms with van der Waals surface area (Å²) in [6.45, 7) is 0. The van der Waals surface area contributed by atoms with E-state index in [-0.39, 0.29) is 5.82 Å². The molecular weight excluding hydrogens is 319 g/mol. The lowest BCUT2D eigenvalue weighted by Gasteiger charge is -2.07. The highest BCUT2D eigenvalue weighted by Crippen LogP contribution is 2.34. The van der Waals surface area contributed by atoms with Crippen molar-refractivity contribution in [2.45, 2.75) is 6.42 Å². The van der Waals surface area contributed by atoms with Gasteiger partial charge in [0.2, 0.25) is 0 Å². The molecule has 0 amide bonds. The maximum atomic E-state index is 12.9. The van der Waals surface area contributed by atoms with Gasteiger partial charge in [0.1, 0.15) is 17.4 Å². The number of nitrogens with one attached hydrogen (secondary N) is 1. The SMILES string of the molecule is COc1cc(N)c(Cl)cc1-c1n[nH]c(Cc2ccc(F)cc2)n1. The van der Waals surface area contributed by atoms with Crippen molar-refractivity contribution in [1.29, 1.82) is 0 Å². The summed E-state index contributed by atoms with van der Waals surface area (Å²) in [7, 11) is 1.54. The highest BCUT2D eigenvalue weighted by atomic mass is 35.5. The monoisotopic (exact) mass is 332 g/mol. The normalized spacial score (nSPS) is 10.7. The van der Waals surface area contributed by atoms with Crippen molar-refractivity contribution in [1.82, 2.24) is 15.2 Å². The molecule has 0 aliphatic carbocycles. The second-order valence-corrected chi connectivity index (χ2v) is 5.39. The third-order valence-electron chi connectivity index (χ3n) is 3.38. The fourth-order valence-electron chi connectivity index (χ4n) is 2.20. The lowest BCUT2D eigenvalue weighted by atomic mass is 10.1. The molecule has 0 saturated heterocycles. The van der Waals surface area contributed by atoms with Crippen LogP contribution in [-0.2, 0) is 6.42 Å². The summed E-state index contributed by atoms with van der Waals surface area (Å²) in [4.78, 5) is 4.44. The van der Waals surface area contributed by atoms with Crippen LogP contribution < -0.4 is 10.5 Å². The Hall–Kier alpha value is -2.60. The predicted octanol–water partition coefficient (Wildman–Crippen LogP) is 3.45. The molecule has 3 rings (SSSR count). The Labute approximate surface area is 137 Å². The van der Waals surface area contributed by atoms with Crippen LogP contribution in [0.4, 0.5) is 10.1 Å². The number of ether oxygens (including phenoxy) is 1. The van der Waals surface area contributed by atoms with Gasteiger partial charge in [0.05, 0.1) is 23.4 Å². The standard InChI is InChI=1S/C16H14ClFN4O/c1-23-14-8-13(19)12(17)7-11(14)16-20-15(21-22-16)6-9-2-4-10(18)5-3-9/h2-5,7-8H,6,19H2,1H3,(H,20,21,22). The molecule has 3 N–H and O–H groups in total. The molecule has 0 spiro atoms. The molecule has 118 valence electrons. The van der Waals surface area contributed by atoms with E-state index in [4.69, 9.17) is 22.1 Å². The highest BCUT2D eigenvalue weighted by Gasteiger charge is 2.14. The number of H-pyrrole nitrogens is 1. The van der Waals surface area contributed by atoms with Crippen LogP contribution in [0.1, 0.15) is 11.4 Å². The van der Waals surface area contributed by atoms with Crippen molar-refractivity contribution in [3.05, 3.63) is 58.6 Å². The fourth-order valence-corrected chi connectivity index (χ4v) is 2.37. The van der Waals surface area contributed by atoms with Gasteiger partial charge in [-0.15, -0.1) is 0 Å². The number of nitrogens with two attached hydrogens (primary N) is 1. The first kappa shape index (κ1) is 15.3. The molecule has 0 radical (unpaired) electrons. The van der Waals surface area contributed by atoms with E-state index in [9.17, 15) is 4.39 Å². The molecule has 7 heteroatoms. The summed E-state index contributed by atoms with van der Waals surface area (Å²) in [5, 5.41) is 7.47. The number of aromatic nitrogens is 3. The molecule has 1 heterocycles. The van der Waals surface area contributed by atoms with Crippen LogP contribution in [0.25, 0.3) is 11.4 Å². The molecular formula is C16H14ClFN4O. The Morgan fingerprint density at radius 2 is 2.00 bits per heavy atom. The Balaban J connectivity index is 1.90. The number of hydrogen-bond donors (Lipinski definition) is 2. The minimum Gasteiger partial charge on any atom is -0.496 e. The van der Waals surface area contributed by atoms with Gasteiger partial charge in [0, 0.05) is 12.5 Å². The largest absolute Gasteiger partial charge is 0.496 e. The van der Waals surface area contributed by atoms with Crippen LogP contribution >= 0.6 is 11.6 Å². The lowest BCUT2D eigenvalue weighted by molar-refractivity contribution is 0.416. The topological polar surface area (TPSA) is 76.8 Å².